The van der Waals surface area contributed by atoms with Gasteiger partial charge in [0.05, 0.1) is 0 Å². The van der Waals surface area contributed by atoms with E-state index >= 15 is 0 Å². The van der Waals surface area contributed by atoms with E-state index in [9.17, 15) is 0 Å². The predicted molar refractivity (Wildman–Crippen MR) is 54.4 cm³/mol. The van der Waals surface area contributed by atoms with E-state index in [1.807, 2.05) is 11.3 Å². The van der Waals surface area contributed by atoms with Crippen LogP contribution in [0.15, 0.2) is 36.4 Å². The molecule has 0 atom stereocenters. The molecule has 0 spiro atoms. The number of benzene rings is 1. The zero-order chi connectivity index (χ0) is 8.39. The van der Waals surface area contributed by atoms with Crippen molar-refractivity contribution in [1.82, 2.24) is 0 Å². The van der Waals surface area contributed by atoms with Gasteiger partial charge in [0, 0.05) is 16.0 Å². The van der Waals surface area contributed by atoms with Gasteiger partial charge in [-0.25, -0.2) is 0 Å². The Morgan fingerprint density at radius 2 is 2.17 bits per heavy atom. The van der Waals surface area contributed by atoms with Crippen molar-refractivity contribution in [3.05, 3.63) is 47.9 Å². The third-order valence-corrected chi connectivity index (χ3v) is 2.93. The van der Waals surface area contributed by atoms with Gasteiger partial charge in [0.15, 0.2) is 0 Å². The summed E-state index contributed by atoms with van der Waals surface area (Å²) >= 11 is 1.81. The van der Waals surface area contributed by atoms with Crippen LogP contribution in [-0.4, -0.2) is 0 Å². The van der Waals surface area contributed by atoms with E-state index in [-0.39, 0.29) is 0 Å². The van der Waals surface area contributed by atoms with Gasteiger partial charge in [-0.05, 0) is 17.5 Å². The van der Waals surface area contributed by atoms with Crippen molar-refractivity contribution in [1.29, 1.82) is 0 Å². The van der Waals surface area contributed by atoms with Crippen molar-refractivity contribution < 1.29 is 0 Å². The summed E-state index contributed by atoms with van der Waals surface area (Å²) in [7, 11) is 0. The summed E-state index contributed by atoms with van der Waals surface area (Å²) in [5.41, 5.74) is 0. The lowest BCUT2D eigenvalue weighted by atomic mass is 10.2. The lowest BCUT2D eigenvalue weighted by Crippen LogP contribution is -1.67. The fourth-order valence-corrected chi connectivity index (χ4v) is 2.29. The molecule has 1 heterocycles. The number of fused-ring (bicyclic) bond motifs is 1. The molecule has 0 saturated carbocycles. The Bertz CT molecular complexity index is 365. The molecule has 0 fully saturated rings. The summed E-state index contributed by atoms with van der Waals surface area (Å²) in [6.07, 6.45) is 2.57. The maximum Gasteiger partial charge on any atom is 0.0345 e. The van der Waals surface area contributed by atoms with Crippen LogP contribution >= 0.6 is 11.3 Å². The quantitative estimate of drug-likeness (QED) is 0.652. The highest BCUT2D eigenvalue weighted by Gasteiger charge is 1.97. The number of thiophene rings is 1. The fraction of sp³-hybridized carbons (Fsp3) is 0.0909. The maximum atomic E-state index is 5.36. The SMILES string of the molecule is [CH]=CCc1cc2ccccc2s1. The van der Waals surface area contributed by atoms with E-state index < -0.39 is 0 Å². The summed E-state index contributed by atoms with van der Waals surface area (Å²) in [6, 6.07) is 10.6. The van der Waals surface area contributed by atoms with Gasteiger partial charge in [0.2, 0.25) is 0 Å². The first kappa shape index (κ1) is 7.56. The first-order chi connectivity index (χ1) is 5.90. The minimum absolute atomic E-state index is 0.874. The third-order valence-electron chi connectivity index (χ3n) is 1.80. The highest BCUT2D eigenvalue weighted by atomic mass is 32.1. The lowest BCUT2D eigenvalue weighted by molar-refractivity contribution is 1.35. The van der Waals surface area contributed by atoms with Crippen LogP contribution in [0.1, 0.15) is 4.88 Å². The summed E-state index contributed by atoms with van der Waals surface area (Å²) in [5, 5.41) is 1.32. The van der Waals surface area contributed by atoms with E-state index in [0.29, 0.717) is 0 Å². The fourth-order valence-electron chi connectivity index (χ4n) is 1.25. The van der Waals surface area contributed by atoms with Crippen molar-refractivity contribution in [2.75, 3.05) is 0 Å². The van der Waals surface area contributed by atoms with Gasteiger partial charge in [-0.3, -0.25) is 0 Å². The van der Waals surface area contributed by atoms with E-state index in [2.05, 4.69) is 30.3 Å². The Morgan fingerprint density at radius 3 is 2.92 bits per heavy atom. The summed E-state index contributed by atoms with van der Waals surface area (Å²) in [5.74, 6) is 0. The van der Waals surface area contributed by atoms with Crippen LogP contribution in [0.4, 0.5) is 0 Å². The molecule has 0 unspecified atom stereocenters. The van der Waals surface area contributed by atoms with Gasteiger partial charge >= 0.3 is 0 Å². The molecule has 0 aliphatic carbocycles. The Labute approximate surface area is 76.2 Å². The molecule has 0 amide bonds. The second kappa shape index (κ2) is 3.11. The Hall–Kier alpha value is -1.08. The molecule has 1 aromatic heterocycles. The molecule has 0 saturated heterocycles. The molecule has 2 aromatic rings. The van der Waals surface area contributed by atoms with Crippen LogP contribution in [0, 0.1) is 6.58 Å². The minimum atomic E-state index is 0.874. The van der Waals surface area contributed by atoms with Crippen LogP contribution in [0.3, 0.4) is 0 Å². The average molecular weight is 173 g/mol. The van der Waals surface area contributed by atoms with Gasteiger partial charge < -0.3 is 0 Å². The zero-order valence-electron chi connectivity index (χ0n) is 6.66. The van der Waals surface area contributed by atoms with E-state index in [1.165, 1.54) is 15.0 Å². The molecule has 12 heavy (non-hydrogen) atoms. The minimum Gasteiger partial charge on any atom is -0.140 e. The Morgan fingerprint density at radius 1 is 1.33 bits per heavy atom. The van der Waals surface area contributed by atoms with Crippen molar-refractivity contribution >= 4 is 21.4 Å². The topological polar surface area (TPSA) is 0 Å². The second-order valence-electron chi connectivity index (χ2n) is 2.69. The standard InChI is InChI=1S/C11H9S/c1-2-5-10-8-9-6-3-4-7-11(9)12-10/h1-4,6-8H,5H2. The van der Waals surface area contributed by atoms with Gasteiger partial charge in [0.1, 0.15) is 0 Å². The van der Waals surface area contributed by atoms with Gasteiger partial charge in [-0.2, -0.15) is 0 Å². The largest absolute Gasteiger partial charge is 0.140 e. The van der Waals surface area contributed by atoms with E-state index in [1.54, 1.807) is 6.08 Å². The predicted octanol–water partition coefficient (Wildman–Crippen LogP) is 3.43. The Kier molecular flexibility index (Phi) is 1.96. The van der Waals surface area contributed by atoms with Crippen LogP contribution in [0.2, 0.25) is 0 Å². The second-order valence-corrected chi connectivity index (χ2v) is 3.86. The van der Waals surface area contributed by atoms with Gasteiger partial charge in [0.25, 0.3) is 0 Å². The number of allylic oxidation sites excluding steroid dienone is 1. The zero-order valence-corrected chi connectivity index (χ0v) is 7.47. The molecular formula is C11H9S. The number of hydrogen-bond acceptors (Lipinski definition) is 1. The van der Waals surface area contributed by atoms with Gasteiger partial charge in [-0.1, -0.05) is 30.9 Å². The van der Waals surface area contributed by atoms with Crippen molar-refractivity contribution in [2.24, 2.45) is 0 Å². The van der Waals surface area contributed by atoms with Crippen LogP contribution in [0.25, 0.3) is 10.1 Å². The van der Waals surface area contributed by atoms with Crippen LogP contribution in [-0.2, 0) is 6.42 Å². The van der Waals surface area contributed by atoms with Crippen molar-refractivity contribution in [3.63, 3.8) is 0 Å². The molecule has 0 aliphatic heterocycles. The molecule has 0 nitrogen and oxygen atoms in total. The van der Waals surface area contributed by atoms with E-state index in [4.69, 9.17) is 6.58 Å². The molecule has 1 radical (unpaired) electrons. The molecule has 2 rings (SSSR count). The van der Waals surface area contributed by atoms with Gasteiger partial charge in [-0.15, -0.1) is 11.3 Å². The molecule has 1 aromatic carbocycles. The monoisotopic (exact) mass is 173 g/mol. The smallest absolute Gasteiger partial charge is 0.0345 e. The third kappa shape index (κ3) is 1.28. The molecule has 0 aliphatic rings. The summed E-state index contributed by atoms with van der Waals surface area (Å²) < 4.78 is 1.34. The first-order valence-corrected chi connectivity index (χ1v) is 4.72. The van der Waals surface area contributed by atoms with Crippen molar-refractivity contribution in [3.8, 4) is 0 Å². The number of hydrogen-bond donors (Lipinski definition) is 0. The van der Waals surface area contributed by atoms with E-state index in [0.717, 1.165) is 6.42 Å². The molecular weight excluding hydrogens is 164 g/mol. The number of rotatable bonds is 2. The molecule has 0 N–H and O–H groups in total. The lowest BCUT2D eigenvalue weighted by Gasteiger charge is -1.82. The molecule has 0 bridgehead atoms. The molecule has 1 heteroatoms. The van der Waals surface area contributed by atoms with Crippen LogP contribution in [0.5, 0.6) is 0 Å². The Balaban J connectivity index is 2.54. The summed E-state index contributed by atoms with van der Waals surface area (Å²) in [6.45, 7) is 5.36. The van der Waals surface area contributed by atoms with Crippen molar-refractivity contribution in [2.45, 2.75) is 6.42 Å². The first-order valence-electron chi connectivity index (χ1n) is 3.91. The normalized spacial score (nSPS) is 10.3. The van der Waals surface area contributed by atoms with Crippen LogP contribution < -0.4 is 0 Å². The average Bonchev–Trinajstić information content (AvgIpc) is 2.47. The summed E-state index contributed by atoms with van der Waals surface area (Å²) in [4.78, 5) is 1.33. The highest BCUT2D eigenvalue weighted by Crippen LogP contribution is 2.25. The maximum absolute atomic E-state index is 5.36. The highest BCUT2D eigenvalue weighted by molar-refractivity contribution is 7.19. The molecule has 59 valence electrons.